The molecule has 0 amide bonds. The molecule has 0 aromatic rings. The number of hydrogen-bond acceptors (Lipinski definition) is 4. The zero-order valence-corrected chi connectivity index (χ0v) is 4.42. The molecule has 0 atom stereocenters. The third-order valence-corrected chi connectivity index (χ3v) is 0.302. The van der Waals surface area contributed by atoms with E-state index in [9.17, 15) is 0 Å². The van der Waals surface area contributed by atoms with Crippen LogP contribution in [-0.4, -0.2) is 13.7 Å². The van der Waals surface area contributed by atoms with Crippen LogP contribution < -0.4 is 0 Å². The molecule has 4 heteroatoms. The van der Waals surface area contributed by atoms with Crippen molar-refractivity contribution in [1.82, 2.24) is 0 Å². The second-order valence-electron chi connectivity index (χ2n) is 0.764. The highest BCUT2D eigenvalue weighted by Crippen LogP contribution is 1.75. The van der Waals surface area contributed by atoms with E-state index in [0.717, 1.165) is 0 Å². The standard InChI is InChI=1S/C3H8N2O2/c1-3-7-5-4-6-2/h3H2,1-2H3. The molecule has 7 heavy (non-hydrogen) atoms. The zero-order chi connectivity index (χ0) is 5.54. The summed E-state index contributed by atoms with van der Waals surface area (Å²) >= 11 is 0. The monoisotopic (exact) mass is 104 g/mol. The van der Waals surface area contributed by atoms with Gasteiger partial charge in [0.2, 0.25) is 0 Å². The van der Waals surface area contributed by atoms with Crippen LogP contribution >= 0.6 is 0 Å². The molecule has 0 fully saturated rings. The van der Waals surface area contributed by atoms with E-state index in [-0.39, 0.29) is 0 Å². The summed E-state index contributed by atoms with van der Waals surface area (Å²) in [5, 5.41) is 6.18. The minimum Gasteiger partial charge on any atom is -0.380 e. The predicted molar refractivity (Wildman–Crippen MR) is 23.5 cm³/mol. The first-order chi connectivity index (χ1) is 3.41. The van der Waals surface area contributed by atoms with Crippen LogP contribution in [-0.2, 0) is 9.68 Å². The van der Waals surface area contributed by atoms with Crippen LogP contribution in [0, 0.1) is 0 Å². The average Bonchev–Trinajstić information content (AvgIpc) is 1.69. The van der Waals surface area contributed by atoms with Gasteiger partial charge in [-0.2, -0.15) is 0 Å². The Hall–Kier alpha value is -0.800. The van der Waals surface area contributed by atoms with E-state index in [0.29, 0.717) is 6.61 Å². The molecule has 0 bridgehead atoms. The summed E-state index contributed by atoms with van der Waals surface area (Å²) in [6.07, 6.45) is 0. The van der Waals surface area contributed by atoms with Crippen molar-refractivity contribution in [3.05, 3.63) is 0 Å². The second-order valence-corrected chi connectivity index (χ2v) is 0.764. The van der Waals surface area contributed by atoms with Crippen LogP contribution in [0.2, 0.25) is 0 Å². The van der Waals surface area contributed by atoms with Gasteiger partial charge < -0.3 is 9.68 Å². The Morgan fingerprint density at radius 2 is 2.14 bits per heavy atom. The van der Waals surface area contributed by atoms with E-state index in [2.05, 4.69) is 20.2 Å². The molecule has 0 aliphatic rings. The lowest BCUT2D eigenvalue weighted by Crippen LogP contribution is -1.75. The number of nitrogens with zero attached hydrogens (tertiary/aromatic N) is 2. The highest BCUT2D eigenvalue weighted by atomic mass is 16.7. The van der Waals surface area contributed by atoms with Crippen LogP contribution in [0.15, 0.2) is 10.6 Å². The van der Waals surface area contributed by atoms with E-state index in [1.165, 1.54) is 7.11 Å². The summed E-state index contributed by atoms with van der Waals surface area (Å²) in [7, 11) is 1.41. The van der Waals surface area contributed by atoms with Crippen LogP contribution in [0.1, 0.15) is 6.92 Å². The van der Waals surface area contributed by atoms with Crippen molar-refractivity contribution in [3.8, 4) is 0 Å². The van der Waals surface area contributed by atoms with E-state index in [1.807, 2.05) is 6.92 Å². The smallest absolute Gasteiger partial charge is 0.116 e. The maximum Gasteiger partial charge on any atom is 0.116 e. The maximum atomic E-state index is 4.41. The summed E-state index contributed by atoms with van der Waals surface area (Å²) in [5.41, 5.74) is 0. The van der Waals surface area contributed by atoms with Gasteiger partial charge in [0.1, 0.15) is 13.7 Å². The van der Waals surface area contributed by atoms with Gasteiger partial charge >= 0.3 is 0 Å². The van der Waals surface area contributed by atoms with Gasteiger partial charge in [0.25, 0.3) is 0 Å². The van der Waals surface area contributed by atoms with Crippen LogP contribution in [0.5, 0.6) is 0 Å². The minimum atomic E-state index is 0.521. The molecular weight excluding hydrogens is 96.0 g/mol. The predicted octanol–water partition coefficient (Wildman–Crippen LogP) is 0.952. The lowest BCUT2D eigenvalue weighted by Gasteiger charge is -1.84. The molecule has 0 aromatic heterocycles. The van der Waals surface area contributed by atoms with E-state index < -0.39 is 0 Å². The van der Waals surface area contributed by atoms with Crippen LogP contribution in [0.4, 0.5) is 0 Å². The molecule has 0 aromatic carbocycles. The van der Waals surface area contributed by atoms with Crippen LogP contribution in [0.3, 0.4) is 0 Å². The van der Waals surface area contributed by atoms with Gasteiger partial charge in [-0.15, -0.1) is 0 Å². The molecule has 0 unspecified atom stereocenters. The quantitative estimate of drug-likeness (QED) is 0.395. The first-order valence-electron chi connectivity index (χ1n) is 1.97. The Morgan fingerprint density at radius 1 is 1.43 bits per heavy atom. The normalized spacial score (nSPS) is 9.43. The molecule has 0 radical (unpaired) electrons. The van der Waals surface area contributed by atoms with Gasteiger partial charge in [-0.1, -0.05) is 0 Å². The van der Waals surface area contributed by atoms with Crippen molar-refractivity contribution >= 4 is 0 Å². The van der Waals surface area contributed by atoms with Crippen molar-refractivity contribution in [2.24, 2.45) is 10.6 Å². The Labute approximate surface area is 42.1 Å². The summed E-state index contributed by atoms with van der Waals surface area (Å²) < 4.78 is 0. The summed E-state index contributed by atoms with van der Waals surface area (Å²) in [6.45, 7) is 2.33. The van der Waals surface area contributed by atoms with Gasteiger partial charge in [0.15, 0.2) is 0 Å². The maximum absolute atomic E-state index is 4.41. The van der Waals surface area contributed by atoms with Crippen molar-refractivity contribution in [1.29, 1.82) is 0 Å². The zero-order valence-electron chi connectivity index (χ0n) is 4.42. The van der Waals surface area contributed by atoms with Crippen molar-refractivity contribution in [3.63, 3.8) is 0 Å². The molecule has 0 N–H and O–H groups in total. The van der Waals surface area contributed by atoms with Crippen molar-refractivity contribution in [2.45, 2.75) is 6.92 Å². The number of hydrogen-bond donors (Lipinski definition) is 0. The Bertz CT molecular complexity index is 54.9. The second kappa shape index (κ2) is 5.20. The minimum absolute atomic E-state index is 0.521. The molecular formula is C3H8N2O2. The first-order valence-corrected chi connectivity index (χ1v) is 1.97. The highest BCUT2D eigenvalue weighted by molar-refractivity contribution is 3.96. The van der Waals surface area contributed by atoms with Gasteiger partial charge in [0.05, 0.1) is 10.6 Å². The average molecular weight is 104 g/mol. The lowest BCUT2D eigenvalue weighted by atomic mass is 10.9. The van der Waals surface area contributed by atoms with E-state index in [1.54, 1.807) is 0 Å². The lowest BCUT2D eigenvalue weighted by molar-refractivity contribution is 0.0699. The molecule has 4 nitrogen and oxygen atoms in total. The SMILES string of the molecule is CCON=NOC. The fourth-order valence-corrected chi connectivity index (χ4v) is 0.115. The highest BCUT2D eigenvalue weighted by Gasteiger charge is 1.66. The molecule has 0 heterocycles. The molecule has 0 spiro atoms. The van der Waals surface area contributed by atoms with Gasteiger partial charge in [-0.05, 0) is 6.92 Å². The summed E-state index contributed by atoms with van der Waals surface area (Å²) in [4.78, 5) is 8.58. The summed E-state index contributed by atoms with van der Waals surface area (Å²) in [6, 6.07) is 0. The molecule has 0 aliphatic carbocycles. The summed E-state index contributed by atoms with van der Waals surface area (Å²) in [5.74, 6) is 0. The molecule has 0 rings (SSSR count). The van der Waals surface area contributed by atoms with E-state index >= 15 is 0 Å². The molecule has 42 valence electrons. The molecule has 0 saturated carbocycles. The molecule has 0 aliphatic heterocycles. The van der Waals surface area contributed by atoms with Crippen molar-refractivity contribution < 1.29 is 9.68 Å². The third kappa shape index (κ3) is 5.20. The Balaban J connectivity index is 2.78. The number of rotatable bonds is 3. The fraction of sp³-hybridized carbons (Fsp3) is 1.00. The fourth-order valence-electron chi connectivity index (χ4n) is 0.115. The first kappa shape index (κ1) is 6.20. The van der Waals surface area contributed by atoms with Crippen LogP contribution in [0.25, 0.3) is 0 Å². The largest absolute Gasteiger partial charge is 0.380 e. The van der Waals surface area contributed by atoms with E-state index in [4.69, 9.17) is 0 Å². The molecule has 0 saturated heterocycles. The topological polar surface area (TPSA) is 43.2 Å². The van der Waals surface area contributed by atoms with Gasteiger partial charge in [0, 0.05) is 0 Å². The van der Waals surface area contributed by atoms with Gasteiger partial charge in [-0.25, -0.2) is 0 Å². The van der Waals surface area contributed by atoms with Gasteiger partial charge in [-0.3, -0.25) is 0 Å². The Morgan fingerprint density at radius 3 is 2.57 bits per heavy atom. The third-order valence-electron chi connectivity index (χ3n) is 0.302. The van der Waals surface area contributed by atoms with Crippen molar-refractivity contribution in [2.75, 3.05) is 13.7 Å². The Kier molecular flexibility index (Phi) is 4.61.